The largest absolute Gasteiger partial charge is 0.316 e. The predicted molar refractivity (Wildman–Crippen MR) is 60.4 cm³/mol. The van der Waals surface area contributed by atoms with Gasteiger partial charge in [-0.05, 0) is 42.7 Å². The zero-order valence-corrected chi connectivity index (χ0v) is 9.82. The van der Waals surface area contributed by atoms with Gasteiger partial charge in [0.25, 0.3) is 0 Å². The molecule has 2 fully saturated rings. The topological polar surface area (TPSA) is 24.1 Å². The van der Waals surface area contributed by atoms with Crippen molar-refractivity contribution < 1.29 is 0 Å². The molecule has 2 unspecified atom stereocenters. The highest BCUT2D eigenvalue weighted by molar-refractivity contribution is 4.96. The van der Waals surface area contributed by atoms with Crippen LogP contribution in [0.4, 0.5) is 0 Å². The maximum atomic E-state index is 3.65. The Morgan fingerprint density at radius 2 is 2.07 bits per heavy atom. The van der Waals surface area contributed by atoms with Crippen LogP contribution in [0, 0.1) is 16.7 Å². The fourth-order valence-corrected chi connectivity index (χ4v) is 2.49. The van der Waals surface area contributed by atoms with Crippen molar-refractivity contribution >= 4 is 0 Å². The molecule has 2 N–H and O–H groups in total. The van der Waals surface area contributed by atoms with E-state index in [9.17, 15) is 0 Å². The van der Waals surface area contributed by atoms with Gasteiger partial charge in [0.15, 0.2) is 0 Å². The lowest BCUT2D eigenvalue weighted by atomic mass is 9.90. The van der Waals surface area contributed by atoms with Crippen LogP contribution in [0.5, 0.6) is 0 Å². The Kier molecular flexibility index (Phi) is 2.61. The van der Waals surface area contributed by atoms with Gasteiger partial charge in [-0.15, -0.1) is 0 Å². The first-order valence-corrected chi connectivity index (χ1v) is 5.93. The van der Waals surface area contributed by atoms with Gasteiger partial charge in [-0.2, -0.15) is 0 Å². The number of hydrogen-bond acceptors (Lipinski definition) is 2. The summed E-state index contributed by atoms with van der Waals surface area (Å²) in [7, 11) is 0. The molecule has 2 heteroatoms. The van der Waals surface area contributed by atoms with Crippen LogP contribution >= 0.6 is 0 Å². The fraction of sp³-hybridized carbons (Fsp3) is 1.00. The third-order valence-corrected chi connectivity index (χ3v) is 4.12. The minimum atomic E-state index is 0.513. The molecule has 0 amide bonds. The van der Waals surface area contributed by atoms with Crippen molar-refractivity contribution in [1.82, 2.24) is 10.6 Å². The van der Waals surface area contributed by atoms with E-state index in [1.807, 2.05) is 0 Å². The lowest BCUT2D eigenvalue weighted by Crippen LogP contribution is -2.34. The maximum Gasteiger partial charge on any atom is 0.00179 e. The molecule has 82 valence electrons. The third kappa shape index (κ3) is 2.29. The fourth-order valence-electron chi connectivity index (χ4n) is 2.49. The third-order valence-electron chi connectivity index (χ3n) is 4.12. The molecule has 2 aliphatic rings. The van der Waals surface area contributed by atoms with Crippen LogP contribution < -0.4 is 10.6 Å². The molecule has 1 heterocycles. The molecular formula is C12H24N2. The standard InChI is InChI=1S/C12H24N2/c1-11(2)6-10(11)7-14-9-12(3)4-5-13-8-12/h10,13-14H,4-9H2,1-3H3. The van der Waals surface area contributed by atoms with Crippen LogP contribution in [-0.2, 0) is 0 Å². The first kappa shape index (κ1) is 10.4. The summed E-state index contributed by atoms with van der Waals surface area (Å²) in [5, 5.41) is 7.09. The zero-order chi connectivity index (χ0) is 10.2. The van der Waals surface area contributed by atoms with Crippen LogP contribution in [0.3, 0.4) is 0 Å². The second-order valence-corrected chi connectivity index (χ2v) is 6.26. The van der Waals surface area contributed by atoms with Crippen molar-refractivity contribution in [3.63, 3.8) is 0 Å². The Labute approximate surface area is 87.8 Å². The first-order valence-electron chi connectivity index (χ1n) is 5.93. The molecule has 2 atom stereocenters. The van der Waals surface area contributed by atoms with Crippen LogP contribution in [0.25, 0.3) is 0 Å². The van der Waals surface area contributed by atoms with Crippen LogP contribution in [0.15, 0.2) is 0 Å². The van der Waals surface area contributed by atoms with E-state index < -0.39 is 0 Å². The Morgan fingerprint density at radius 3 is 2.57 bits per heavy atom. The van der Waals surface area contributed by atoms with Crippen molar-refractivity contribution in [3.8, 4) is 0 Å². The average Bonchev–Trinajstić information content (AvgIpc) is 2.54. The Bertz CT molecular complexity index is 204. The van der Waals surface area contributed by atoms with Crippen molar-refractivity contribution in [2.24, 2.45) is 16.7 Å². The molecule has 0 aromatic carbocycles. The van der Waals surface area contributed by atoms with Gasteiger partial charge in [-0.25, -0.2) is 0 Å². The second-order valence-electron chi connectivity index (χ2n) is 6.26. The summed E-state index contributed by atoms with van der Waals surface area (Å²) in [5.41, 5.74) is 1.14. The van der Waals surface area contributed by atoms with Crippen molar-refractivity contribution in [2.45, 2.75) is 33.6 Å². The molecule has 1 aliphatic carbocycles. The molecule has 1 saturated carbocycles. The van der Waals surface area contributed by atoms with Crippen LogP contribution in [0.2, 0.25) is 0 Å². The molecule has 1 saturated heterocycles. The quantitative estimate of drug-likeness (QED) is 0.714. The lowest BCUT2D eigenvalue weighted by molar-refractivity contribution is 0.333. The number of nitrogens with one attached hydrogen (secondary N) is 2. The van der Waals surface area contributed by atoms with E-state index in [-0.39, 0.29) is 0 Å². The molecule has 0 aromatic heterocycles. The highest BCUT2D eigenvalue weighted by atomic mass is 15.0. The summed E-state index contributed by atoms with van der Waals surface area (Å²) in [6.07, 6.45) is 2.74. The average molecular weight is 196 g/mol. The molecular weight excluding hydrogens is 172 g/mol. The smallest absolute Gasteiger partial charge is 0.00179 e. The summed E-state index contributed by atoms with van der Waals surface area (Å²) in [4.78, 5) is 0. The minimum Gasteiger partial charge on any atom is -0.316 e. The van der Waals surface area contributed by atoms with Gasteiger partial charge < -0.3 is 10.6 Å². The van der Waals surface area contributed by atoms with E-state index >= 15 is 0 Å². The van der Waals surface area contributed by atoms with Crippen molar-refractivity contribution in [1.29, 1.82) is 0 Å². The molecule has 0 aromatic rings. The molecule has 0 bridgehead atoms. The summed E-state index contributed by atoms with van der Waals surface area (Å²) < 4.78 is 0. The molecule has 2 nitrogen and oxygen atoms in total. The Balaban J connectivity index is 1.63. The van der Waals surface area contributed by atoms with E-state index in [0.29, 0.717) is 10.8 Å². The van der Waals surface area contributed by atoms with Gasteiger partial charge in [-0.3, -0.25) is 0 Å². The highest BCUT2D eigenvalue weighted by Crippen LogP contribution is 2.51. The highest BCUT2D eigenvalue weighted by Gasteiger charge is 2.45. The molecule has 2 rings (SSSR count). The van der Waals surface area contributed by atoms with Gasteiger partial charge in [0.1, 0.15) is 0 Å². The van der Waals surface area contributed by atoms with E-state index in [1.54, 1.807) is 0 Å². The van der Waals surface area contributed by atoms with E-state index in [0.717, 1.165) is 5.92 Å². The molecule has 1 aliphatic heterocycles. The van der Waals surface area contributed by atoms with Gasteiger partial charge in [0, 0.05) is 13.1 Å². The molecule has 0 radical (unpaired) electrons. The van der Waals surface area contributed by atoms with Gasteiger partial charge in [-0.1, -0.05) is 20.8 Å². The second kappa shape index (κ2) is 3.49. The van der Waals surface area contributed by atoms with Crippen LogP contribution in [0.1, 0.15) is 33.6 Å². The Morgan fingerprint density at radius 1 is 1.36 bits per heavy atom. The van der Waals surface area contributed by atoms with E-state index in [2.05, 4.69) is 31.4 Å². The number of rotatable bonds is 4. The zero-order valence-electron chi connectivity index (χ0n) is 9.82. The monoisotopic (exact) mass is 196 g/mol. The predicted octanol–water partition coefficient (Wildman–Crippen LogP) is 1.62. The summed E-state index contributed by atoms with van der Waals surface area (Å²) in [6, 6.07) is 0. The van der Waals surface area contributed by atoms with Gasteiger partial charge in [0.2, 0.25) is 0 Å². The minimum absolute atomic E-state index is 0.513. The van der Waals surface area contributed by atoms with E-state index in [1.165, 1.54) is 39.0 Å². The normalized spacial score (nSPS) is 40.1. The SMILES string of the molecule is CC1(CNCC2CC2(C)C)CCNC1. The van der Waals surface area contributed by atoms with Crippen molar-refractivity contribution in [2.75, 3.05) is 26.2 Å². The summed E-state index contributed by atoms with van der Waals surface area (Å²) >= 11 is 0. The Hall–Kier alpha value is -0.0800. The van der Waals surface area contributed by atoms with Crippen molar-refractivity contribution in [3.05, 3.63) is 0 Å². The number of hydrogen-bond donors (Lipinski definition) is 2. The summed E-state index contributed by atoms with van der Waals surface area (Å²) in [6.45, 7) is 11.9. The lowest BCUT2D eigenvalue weighted by Gasteiger charge is -2.23. The van der Waals surface area contributed by atoms with E-state index in [4.69, 9.17) is 0 Å². The molecule has 14 heavy (non-hydrogen) atoms. The van der Waals surface area contributed by atoms with Gasteiger partial charge >= 0.3 is 0 Å². The van der Waals surface area contributed by atoms with Crippen LogP contribution in [-0.4, -0.2) is 26.2 Å². The maximum absolute atomic E-state index is 3.65. The summed E-state index contributed by atoms with van der Waals surface area (Å²) in [5.74, 6) is 0.931. The molecule has 0 spiro atoms. The first-order chi connectivity index (χ1) is 6.52. The van der Waals surface area contributed by atoms with Gasteiger partial charge in [0.05, 0.1) is 0 Å².